The molecule has 0 saturated carbocycles. The molecule has 0 heterocycles. The number of hydrogen-bond donors (Lipinski definition) is 2. The number of carbonyl (C=O) groups is 1. The lowest BCUT2D eigenvalue weighted by Gasteiger charge is -2.20. The predicted molar refractivity (Wildman–Crippen MR) is 101 cm³/mol. The number of carbonyl (C=O) groups excluding carboxylic acids is 1. The quantitative estimate of drug-likeness (QED) is 0.842. The molecule has 0 spiro atoms. The summed E-state index contributed by atoms with van der Waals surface area (Å²) in [6.07, 6.45) is 0. The number of nitrogens with one attached hydrogen (secondary N) is 2. The SMILES string of the molecule is Cc1ccc(S(=O)(=O)Nc2ccc(C(=O)NC(C)(C)C)cc2Cl)cc1. The summed E-state index contributed by atoms with van der Waals surface area (Å²) >= 11 is 6.16. The number of amides is 1. The minimum Gasteiger partial charge on any atom is -0.347 e. The minimum absolute atomic E-state index is 0.142. The van der Waals surface area contributed by atoms with Crippen molar-refractivity contribution in [2.45, 2.75) is 38.1 Å². The van der Waals surface area contributed by atoms with Crippen molar-refractivity contribution in [1.29, 1.82) is 0 Å². The van der Waals surface area contributed by atoms with Gasteiger partial charge < -0.3 is 5.32 Å². The predicted octanol–water partition coefficient (Wildman–Crippen LogP) is 3.98. The van der Waals surface area contributed by atoms with Gasteiger partial charge in [-0.05, 0) is 58.0 Å². The molecule has 7 heteroatoms. The molecule has 2 aromatic rings. The van der Waals surface area contributed by atoms with Crippen molar-refractivity contribution in [3.63, 3.8) is 0 Å². The first kappa shape index (κ1) is 19.3. The highest BCUT2D eigenvalue weighted by Gasteiger charge is 2.18. The molecule has 2 aromatic carbocycles. The summed E-state index contributed by atoms with van der Waals surface area (Å²) < 4.78 is 27.3. The highest BCUT2D eigenvalue weighted by atomic mass is 35.5. The van der Waals surface area contributed by atoms with E-state index in [2.05, 4.69) is 10.0 Å². The van der Waals surface area contributed by atoms with E-state index in [9.17, 15) is 13.2 Å². The van der Waals surface area contributed by atoms with E-state index < -0.39 is 10.0 Å². The lowest BCUT2D eigenvalue weighted by Crippen LogP contribution is -2.40. The van der Waals surface area contributed by atoms with E-state index in [1.54, 1.807) is 12.1 Å². The highest BCUT2D eigenvalue weighted by molar-refractivity contribution is 7.92. The third-order valence-corrected chi connectivity index (χ3v) is 4.99. The van der Waals surface area contributed by atoms with Gasteiger partial charge in [0.2, 0.25) is 0 Å². The van der Waals surface area contributed by atoms with Crippen molar-refractivity contribution in [1.82, 2.24) is 5.32 Å². The van der Waals surface area contributed by atoms with E-state index in [4.69, 9.17) is 11.6 Å². The summed E-state index contributed by atoms with van der Waals surface area (Å²) in [5.74, 6) is -0.276. The number of aryl methyl sites for hydroxylation is 1. The molecule has 0 fully saturated rings. The van der Waals surface area contributed by atoms with Gasteiger partial charge in [0.1, 0.15) is 0 Å². The Bertz CT molecular complexity index is 886. The van der Waals surface area contributed by atoms with E-state index >= 15 is 0 Å². The highest BCUT2D eigenvalue weighted by Crippen LogP contribution is 2.26. The number of hydrogen-bond acceptors (Lipinski definition) is 3. The molecular weight excluding hydrogens is 360 g/mol. The first-order valence-corrected chi connectivity index (χ1v) is 9.56. The number of rotatable bonds is 4. The van der Waals surface area contributed by atoms with Crippen LogP contribution in [0.2, 0.25) is 5.02 Å². The van der Waals surface area contributed by atoms with Crippen molar-refractivity contribution in [2.24, 2.45) is 0 Å². The molecule has 2 N–H and O–H groups in total. The van der Waals surface area contributed by atoms with Crippen molar-refractivity contribution >= 4 is 33.2 Å². The largest absolute Gasteiger partial charge is 0.347 e. The Morgan fingerprint density at radius 2 is 1.64 bits per heavy atom. The van der Waals surface area contributed by atoms with Crippen LogP contribution in [0.15, 0.2) is 47.4 Å². The Labute approximate surface area is 153 Å². The maximum atomic E-state index is 12.4. The molecule has 134 valence electrons. The second-order valence-corrected chi connectivity index (χ2v) is 8.91. The monoisotopic (exact) mass is 380 g/mol. The van der Waals surface area contributed by atoms with Gasteiger partial charge in [-0.2, -0.15) is 0 Å². The normalized spacial score (nSPS) is 11.9. The summed E-state index contributed by atoms with van der Waals surface area (Å²) in [5, 5.41) is 2.98. The molecule has 0 atom stereocenters. The van der Waals surface area contributed by atoms with Crippen LogP contribution >= 0.6 is 11.6 Å². The second kappa shape index (κ2) is 7.06. The molecule has 1 amide bonds. The van der Waals surface area contributed by atoms with Crippen LogP contribution in [0.25, 0.3) is 0 Å². The van der Waals surface area contributed by atoms with Crippen LogP contribution in [0.3, 0.4) is 0 Å². The fourth-order valence-electron chi connectivity index (χ4n) is 2.07. The van der Waals surface area contributed by atoms with Gasteiger partial charge in [0.25, 0.3) is 15.9 Å². The lowest BCUT2D eigenvalue weighted by molar-refractivity contribution is 0.0919. The summed E-state index contributed by atoms with van der Waals surface area (Å²) in [6, 6.07) is 10.9. The third kappa shape index (κ3) is 5.21. The Morgan fingerprint density at radius 1 is 1.04 bits per heavy atom. The molecule has 0 aliphatic heterocycles. The van der Waals surface area contributed by atoms with Gasteiger partial charge in [0.05, 0.1) is 15.6 Å². The maximum Gasteiger partial charge on any atom is 0.261 e. The zero-order chi connectivity index (χ0) is 18.8. The number of benzene rings is 2. The van der Waals surface area contributed by atoms with Crippen molar-refractivity contribution in [2.75, 3.05) is 4.72 Å². The minimum atomic E-state index is -3.75. The van der Waals surface area contributed by atoms with Crippen LogP contribution in [-0.4, -0.2) is 19.9 Å². The molecule has 0 aliphatic rings. The third-order valence-electron chi connectivity index (χ3n) is 3.30. The molecule has 0 unspecified atom stereocenters. The van der Waals surface area contributed by atoms with Crippen molar-refractivity contribution in [3.8, 4) is 0 Å². The fourth-order valence-corrected chi connectivity index (χ4v) is 3.44. The number of anilines is 1. The molecule has 0 aliphatic carbocycles. The van der Waals surface area contributed by atoms with Gasteiger partial charge in [-0.3, -0.25) is 9.52 Å². The van der Waals surface area contributed by atoms with Gasteiger partial charge in [-0.25, -0.2) is 8.42 Å². The summed E-state index contributed by atoms with van der Waals surface area (Å²) in [7, 11) is -3.75. The summed E-state index contributed by atoms with van der Waals surface area (Å²) in [6.45, 7) is 7.49. The van der Waals surface area contributed by atoms with E-state index in [0.717, 1.165) is 5.56 Å². The van der Waals surface area contributed by atoms with E-state index in [1.165, 1.54) is 30.3 Å². The van der Waals surface area contributed by atoms with Gasteiger partial charge in [0.15, 0.2) is 0 Å². The fraction of sp³-hybridized carbons (Fsp3) is 0.278. The average molecular weight is 381 g/mol. The number of halogens is 1. The standard InChI is InChI=1S/C18H21ClN2O3S/c1-12-5-8-14(9-6-12)25(23,24)21-16-10-7-13(11-15(16)19)17(22)20-18(2,3)4/h5-11,21H,1-4H3,(H,20,22). The Hall–Kier alpha value is -2.05. The zero-order valence-electron chi connectivity index (χ0n) is 14.6. The molecular formula is C18H21ClN2O3S. The summed E-state index contributed by atoms with van der Waals surface area (Å²) in [4.78, 5) is 12.3. The molecule has 5 nitrogen and oxygen atoms in total. The number of sulfonamides is 1. The first-order chi connectivity index (χ1) is 11.5. The Kier molecular flexibility index (Phi) is 5.44. The molecule has 0 saturated heterocycles. The van der Waals surface area contributed by atoms with Crippen LogP contribution in [0.1, 0.15) is 36.7 Å². The molecule has 0 radical (unpaired) electrons. The smallest absolute Gasteiger partial charge is 0.261 e. The zero-order valence-corrected chi connectivity index (χ0v) is 16.1. The molecule has 0 aromatic heterocycles. The Balaban J connectivity index is 2.24. The van der Waals surface area contributed by atoms with Gasteiger partial charge in [-0.15, -0.1) is 0 Å². The van der Waals surface area contributed by atoms with Crippen LogP contribution in [-0.2, 0) is 10.0 Å². The average Bonchev–Trinajstić information content (AvgIpc) is 2.48. The van der Waals surface area contributed by atoms with Gasteiger partial charge in [0, 0.05) is 11.1 Å². The Morgan fingerprint density at radius 3 is 2.16 bits per heavy atom. The topological polar surface area (TPSA) is 75.3 Å². The van der Waals surface area contributed by atoms with E-state index in [1.807, 2.05) is 27.7 Å². The van der Waals surface area contributed by atoms with Crippen LogP contribution in [0.4, 0.5) is 5.69 Å². The second-order valence-electron chi connectivity index (χ2n) is 6.82. The van der Waals surface area contributed by atoms with E-state index in [-0.39, 0.29) is 27.1 Å². The maximum absolute atomic E-state index is 12.4. The lowest BCUT2D eigenvalue weighted by atomic mass is 10.1. The van der Waals surface area contributed by atoms with Crippen LogP contribution in [0.5, 0.6) is 0 Å². The van der Waals surface area contributed by atoms with Gasteiger partial charge in [-0.1, -0.05) is 29.3 Å². The van der Waals surface area contributed by atoms with Crippen LogP contribution in [0, 0.1) is 6.92 Å². The van der Waals surface area contributed by atoms with Crippen molar-refractivity contribution < 1.29 is 13.2 Å². The summed E-state index contributed by atoms with van der Waals surface area (Å²) in [5.41, 5.74) is 1.16. The molecule has 2 rings (SSSR count). The van der Waals surface area contributed by atoms with Gasteiger partial charge >= 0.3 is 0 Å². The van der Waals surface area contributed by atoms with E-state index in [0.29, 0.717) is 5.56 Å². The first-order valence-electron chi connectivity index (χ1n) is 7.69. The molecule has 25 heavy (non-hydrogen) atoms. The van der Waals surface area contributed by atoms with Crippen molar-refractivity contribution in [3.05, 3.63) is 58.6 Å². The van der Waals surface area contributed by atoms with Crippen LogP contribution < -0.4 is 10.0 Å². The molecule has 0 bridgehead atoms.